The number of unbranched alkanes of at least 4 members (excludes halogenated alkanes) is 1. The summed E-state index contributed by atoms with van der Waals surface area (Å²) < 4.78 is 1.70. The Bertz CT molecular complexity index is 691. The highest BCUT2D eigenvalue weighted by molar-refractivity contribution is 5.77. The second kappa shape index (κ2) is 7.02. The fourth-order valence-electron chi connectivity index (χ4n) is 2.35. The Hall–Kier alpha value is -2.17. The molecule has 21 heavy (non-hydrogen) atoms. The number of aromatic nitrogens is 2. The molecule has 1 aromatic heterocycles. The molecule has 0 bridgehead atoms. The third-order valence-electron chi connectivity index (χ3n) is 3.47. The van der Waals surface area contributed by atoms with Crippen LogP contribution in [0.25, 0.3) is 10.9 Å². The molecule has 2 aromatic rings. The third kappa shape index (κ3) is 3.68. The van der Waals surface area contributed by atoms with Crippen LogP contribution in [-0.2, 0) is 17.8 Å². The SMILES string of the molecule is CCCCn1c(CCCC(=O)O)nc2ccccc2c1=O. The van der Waals surface area contributed by atoms with Gasteiger partial charge in [-0.3, -0.25) is 14.2 Å². The van der Waals surface area contributed by atoms with E-state index in [1.807, 2.05) is 18.2 Å². The van der Waals surface area contributed by atoms with E-state index in [-0.39, 0.29) is 12.0 Å². The van der Waals surface area contributed by atoms with E-state index in [0.717, 1.165) is 12.8 Å². The van der Waals surface area contributed by atoms with Gasteiger partial charge in [0.25, 0.3) is 5.56 Å². The van der Waals surface area contributed by atoms with Crippen molar-refractivity contribution in [3.8, 4) is 0 Å². The molecule has 0 aliphatic carbocycles. The molecular weight excluding hydrogens is 268 g/mol. The summed E-state index contributed by atoms with van der Waals surface area (Å²) in [6.07, 6.45) is 3.00. The van der Waals surface area contributed by atoms with Gasteiger partial charge >= 0.3 is 5.97 Å². The molecule has 1 aromatic carbocycles. The van der Waals surface area contributed by atoms with Gasteiger partial charge in [-0.1, -0.05) is 25.5 Å². The van der Waals surface area contributed by atoms with Crippen molar-refractivity contribution in [2.24, 2.45) is 0 Å². The minimum absolute atomic E-state index is 0.0284. The highest BCUT2D eigenvalue weighted by Gasteiger charge is 2.10. The van der Waals surface area contributed by atoms with E-state index in [4.69, 9.17) is 5.11 Å². The molecule has 5 heteroatoms. The standard InChI is InChI=1S/C16H20N2O3/c1-2-3-11-18-14(9-6-10-15(19)20)17-13-8-5-4-7-12(13)16(18)21/h4-5,7-8H,2-3,6,9-11H2,1H3,(H,19,20). The van der Waals surface area contributed by atoms with Gasteiger partial charge in [-0.05, 0) is 25.0 Å². The van der Waals surface area contributed by atoms with Crippen molar-refractivity contribution in [2.75, 3.05) is 0 Å². The number of nitrogens with zero attached hydrogens (tertiary/aromatic N) is 2. The van der Waals surface area contributed by atoms with E-state index < -0.39 is 5.97 Å². The van der Waals surface area contributed by atoms with Crippen molar-refractivity contribution in [3.63, 3.8) is 0 Å². The molecule has 0 aliphatic rings. The number of para-hydroxylation sites is 1. The number of carbonyl (C=O) groups is 1. The second-order valence-corrected chi connectivity index (χ2v) is 5.10. The van der Waals surface area contributed by atoms with Crippen molar-refractivity contribution in [1.82, 2.24) is 9.55 Å². The van der Waals surface area contributed by atoms with Crippen molar-refractivity contribution in [3.05, 3.63) is 40.4 Å². The van der Waals surface area contributed by atoms with Crippen LogP contribution in [0.1, 0.15) is 38.4 Å². The summed E-state index contributed by atoms with van der Waals surface area (Å²) in [4.78, 5) is 27.8. The van der Waals surface area contributed by atoms with Gasteiger partial charge in [0.1, 0.15) is 5.82 Å². The molecule has 1 heterocycles. The number of hydrogen-bond donors (Lipinski definition) is 1. The lowest BCUT2D eigenvalue weighted by molar-refractivity contribution is -0.137. The first-order chi connectivity index (χ1) is 10.1. The normalized spacial score (nSPS) is 10.9. The first-order valence-corrected chi connectivity index (χ1v) is 7.33. The van der Waals surface area contributed by atoms with Crippen LogP contribution in [0.3, 0.4) is 0 Å². The van der Waals surface area contributed by atoms with Gasteiger partial charge < -0.3 is 5.11 Å². The number of aryl methyl sites for hydroxylation is 1. The van der Waals surface area contributed by atoms with Crippen LogP contribution in [0.4, 0.5) is 0 Å². The van der Waals surface area contributed by atoms with Crippen LogP contribution in [0, 0.1) is 0 Å². The number of carboxylic acid groups (broad SMARTS) is 1. The molecule has 0 fully saturated rings. The average Bonchev–Trinajstić information content (AvgIpc) is 2.46. The number of fused-ring (bicyclic) bond motifs is 1. The third-order valence-corrected chi connectivity index (χ3v) is 3.47. The quantitative estimate of drug-likeness (QED) is 0.850. The Morgan fingerprint density at radius 1 is 1.29 bits per heavy atom. The first-order valence-electron chi connectivity index (χ1n) is 7.33. The van der Waals surface area contributed by atoms with Crippen molar-refractivity contribution in [1.29, 1.82) is 0 Å². The molecular formula is C16H20N2O3. The molecule has 0 atom stereocenters. The molecule has 0 saturated carbocycles. The molecule has 0 spiro atoms. The zero-order valence-electron chi connectivity index (χ0n) is 12.2. The zero-order chi connectivity index (χ0) is 15.2. The minimum atomic E-state index is -0.821. The Balaban J connectivity index is 2.39. The Kier molecular flexibility index (Phi) is 5.09. The summed E-state index contributed by atoms with van der Waals surface area (Å²) in [7, 11) is 0. The maximum absolute atomic E-state index is 12.6. The van der Waals surface area contributed by atoms with Gasteiger partial charge in [-0.15, -0.1) is 0 Å². The molecule has 112 valence electrons. The second-order valence-electron chi connectivity index (χ2n) is 5.10. The van der Waals surface area contributed by atoms with Gasteiger partial charge in [0.15, 0.2) is 0 Å². The lowest BCUT2D eigenvalue weighted by Gasteiger charge is -2.12. The molecule has 5 nitrogen and oxygen atoms in total. The van der Waals surface area contributed by atoms with E-state index in [0.29, 0.717) is 36.1 Å². The smallest absolute Gasteiger partial charge is 0.303 e. The zero-order valence-corrected chi connectivity index (χ0v) is 12.2. The number of rotatable bonds is 7. The fourth-order valence-corrected chi connectivity index (χ4v) is 2.35. The molecule has 1 N–H and O–H groups in total. The molecule has 2 rings (SSSR count). The lowest BCUT2D eigenvalue weighted by atomic mass is 10.2. The molecule has 0 saturated heterocycles. The summed E-state index contributed by atoms with van der Waals surface area (Å²) >= 11 is 0. The van der Waals surface area contributed by atoms with Crippen LogP contribution < -0.4 is 5.56 Å². The molecule has 0 aliphatic heterocycles. The predicted molar refractivity (Wildman–Crippen MR) is 81.5 cm³/mol. The van der Waals surface area contributed by atoms with E-state index in [9.17, 15) is 9.59 Å². The molecule has 0 radical (unpaired) electrons. The maximum Gasteiger partial charge on any atom is 0.303 e. The van der Waals surface area contributed by atoms with E-state index >= 15 is 0 Å². The van der Waals surface area contributed by atoms with Crippen LogP contribution in [0.15, 0.2) is 29.1 Å². The maximum atomic E-state index is 12.6. The number of aliphatic carboxylic acids is 1. The van der Waals surface area contributed by atoms with Crippen molar-refractivity contribution in [2.45, 2.75) is 45.6 Å². The number of hydrogen-bond acceptors (Lipinski definition) is 3. The van der Waals surface area contributed by atoms with Crippen molar-refractivity contribution >= 4 is 16.9 Å². The summed E-state index contributed by atoms with van der Waals surface area (Å²) in [5, 5.41) is 9.36. The van der Waals surface area contributed by atoms with Gasteiger partial charge in [0.2, 0.25) is 0 Å². The molecule has 0 amide bonds. The van der Waals surface area contributed by atoms with E-state index in [1.165, 1.54) is 0 Å². The number of carboxylic acids is 1. The van der Waals surface area contributed by atoms with Gasteiger partial charge in [-0.2, -0.15) is 0 Å². The van der Waals surface area contributed by atoms with Crippen LogP contribution in [0.5, 0.6) is 0 Å². The summed E-state index contributed by atoms with van der Waals surface area (Å²) in [6, 6.07) is 7.29. The first kappa shape index (κ1) is 15.2. The fraction of sp³-hybridized carbons (Fsp3) is 0.438. The highest BCUT2D eigenvalue weighted by Crippen LogP contribution is 2.11. The Morgan fingerprint density at radius 3 is 2.76 bits per heavy atom. The highest BCUT2D eigenvalue weighted by atomic mass is 16.4. The minimum Gasteiger partial charge on any atom is -0.481 e. The van der Waals surface area contributed by atoms with Crippen LogP contribution in [-0.4, -0.2) is 20.6 Å². The molecule has 0 unspecified atom stereocenters. The van der Waals surface area contributed by atoms with Gasteiger partial charge in [0.05, 0.1) is 10.9 Å². The lowest BCUT2D eigenvalue weighted by Crippen LogP contribution is -2.25. The summed E-state index contributed by atoms with van der Waals surface area (Å²) in [5.74, 6) is -0.133. The van der Waals surface area contributed by atoms with Crippen LogP contribution in [0.2, 0.25) is 0 Å². The Morgan fingerprint density at radius 2 is 2.05 bits per heavy atom. The van der Waals surface area contributed by atoms with E-state index in [2.05, 4.69) is 11.9 Å². The van der Waals surface area contributed by atoms with E-state index in [1.54, 1.807) is 10.6 Å². The van der Waals surface area contributed by atoms with Gasteiger partial charge in [0, 0.05) is 19.4 Å². The van der Waals surface area contributed by atoms with Crippen molar-refractivity contribution < 1.29 is 9.90 Å². The Labute approximate surface area is 123 Å². The van der Waals surface area contributed by atoms with Crippen LogP contribution >= 0.6 is 0 Å². The average molecular weight is 288 g/mol. The van der Waals surface area contributed by atoms with Gasteiger partial charge in [-0.25, -0.2) is 4.98 Å². The summed E-state index contributed by atoms with van der Waals surface area (Å²) in [6.45, 7) is 2.71. The summed E-state index contributed by atoms with van der Waals surface area (Å²) in [5.41, 5.74) is 0.653. The number of benzene rings is 1. The monoisotopic (exact) mass is 288 g/mol. The predicted octanol–water partition coefficient (Wildman–Crippen LogP) is 2.60. The largest absolute Gasteiger partial charge is 0.481 e. The topological polar surface area (TPSA) is 72.2 Å².